The Balaban J connectivity index is 1.67. The summed E-state index contributed by atoms with van der Waals surface area (Å²) in [6.07, 6.45) is 0. The smallest absolute Gasteiger partial charge is 0.385 e. The lowest BCUT2D eigenvalue weighted by atomic mass is 9.87. The van der Waals surface area contributed by atoms with Crippen LogP contribution >= 0.6 is 7.60 Å². The Morgan fingerprint density at radius 1 is 1.00 bits per heavy atom. The molecule has 0 unspecified atom stereocenters. The molecule has 1 aliphatic heterocycles. The van der Waals surface area contributed by atoms with Gasteiger partial charge in [-0.15, -0.1) is 0 Å². The van der Waals surface area contributed by atoms with Crippen LogP contribution in [0, 0.1) is 0 Å². The average molecular weight is 487 g/mol. The molecule has 0 bridgehead atoms. The van der Waals surface area contributed by atoms with E-state index in [0.717, 1.165) is 11.1 Å². The normalized spacial score (nSPS) is 13.3. The minimum Gasteiger partial charge on any atom is -0.454 e. The molecule has 0 radical (unpaired) electrons. The Morgan fingerprint density at radius 2 is 1.68 bits per heavy atom. The van der Waals surface area contributed by atoms with Crippen molar-refractivity contribution in [3.8, 4) is 23.0 Å². The molecule has 1 aliphatic rings. The number of aromatic nitrogens is 1. The van der Waals surface area contributed by atoms with Gasteiger partial charge in [0.1, 0.15) is 0 Å². The van der Waals surface area contributed by atoms with E-state index < -0.39 is 7.60 Å². The number of anilines is 1. The van der Waals surface area contributed by atoms with E-state index in [0.29, 0.717) is 23.9 Å². The van der Waals surface area contributed by atoms with Crippen LogP contribution in [0.2, 0.25) is 0 Å². The quantitative estimate of drug-likeness (QED) is 0.376. The standard InChI is InChI=1S/C25H31N2O6P/c1-6-31-34(28,32-7-2)24-23(26-15-17-8-13-20-21(14-17)30-16-29-20)33-22(27-24)18-9-11-19(12-10-18)25(3,4)5/h8-14,26H,6-7,15-16H2,1-5H3. The molecular weight excluding hydrogens is 455 g/mol. The van der Waals surface area contributed by atoms with Crippen molar-refractivity contribution in [2.24, 2.45) is 0 Å². The number of rotatable bonds is 9. The Hall–Kier alpha value is -2.80. The summed E-state index contributed by atoms with van der Waals surface area (Å²) in [7, 11) is -3.69. The first-order valence-electron chi connectivity index (χ1n) is 11.4. The first-order valence-corrected chi connectivity index (χ1v) is 12.9. The van der Waals surface area contributed by atoms with Crippen molar-refractivity contribution in [2.75, 3.05) is 25.3 Å². The molecule has 182 valence electrons. The lowest BCUT2D eigenvalue weighted by Crippen LogP contribution is -2.16. The van der Waals surface area contributed by atoms with E-state index in [1.54, 1.807) is 13.8 Å². The van der Waals surface area contributed by atoms with Crippen LogP contribution in [0.1, 0.15) is 45.7 Å². The van der Waals surface area contributed by atoms with Gasteiger partial charge in [-0.2, -0.15) is 4.98 Å². The molecule has 4 rings (SSSR count). The molecule has 2 aromatic carbocycles. The summed E-state index contributed by atoms with van der Waals surface area (Å²) < 4.78 is 41.6. The fourth-order valence-electron chi connectivity index (χ4n) is 3.58. The third kappa shape index (κ3) is 5.14. The van der Waals surface area contributed by atoms with Crippen LogP contribution in [0.25, 0.3) is 11.5 Å². The van der Waals surface area contributed by atoms with E-state index in [-0.39, 0.29) is 36.7 Å². The van der Waals surface area contributed by atoms with Gasteiger partial charge < -0.3 is 28.3 Å². The zero-order valence-electron chi connectivity index (χ0n) is 20.2. The highest BCUT2D eigenvalue weighted by Crippen LogP contribution is 2.49. The van der Waals surface area contributed by atoms with Gasteiger partial charge in [-0.05, 0) is 54.7 Å². The molecule has 0 fully saturated rings. The minimum absolute atomic E-state index is 0.0250. The van der Waals surface area contributed by atoms with E-state index in [1.165, 1.54) is 5.56 Å². The molecule has 1 aromatic heterocycles. The monoisotopic (exact) mass is 486 g/mol. The summed E-state index contributed by atoms with van der Waals surface area (Å²) >= 11 is 0. The predicted molar refractivity (Wildman–Crippen MR) is 131 cm³/mol. The fraction of sp³-hybridized carbons (Fsp3) is 0.400. The number of benzene rings is 2. The number of hydrogen-bond donors (Lipinski definition) is 1. The maximum Gasteiger partial charge on any atom is 0.385 e. The maximum absolute atomic E-state index is 13.6. The molecule has 3 aromatic rings. The van der Waals surface area contributed by atoms with Crippen molar-refractivity contribution >= 4 is 18.9 Å². The SMILES string of the molecule is CCOP(=O)(OCC)c1nc(-c2ccc(C(C)(C)C)cc2)oc1NCc1ccc2c(c1)OCO2. The second-order valence-corrected chi connectivity index (χ2v) is 10.8. The Morgan fingerprint density at radius 3 is 2.32 bits per heavy atom. The molecular formula is C25H31N2O6P. The largest absolute Gasteiger partial charge is 0.454 e. The van der Waals surface area contributed by atoms with Gasteiger partial charge in [0.2, 0.25) is 24.0 Å². The van der Waals surface area contributed by atoms with Gasteiger partial charge in [0.15, 0.2) is 11.5 Å². The zero-order valence-corrected chi connectivity index (χ0v) is 21.1. The van der Waals surface area contributed by atoms with Crippen LogP contribution in [0.4, 0.5) is 5.88 Å². The van der Waals surface area contributed by atoms with Gasteiger partial charge in [-0.25, -0.2) is 0 Å². The van der Waals surface area contributed by atoms with Crippen LogP contribution in [-0.4, -0.2) is 25.0 Å². The first-order chi connectivity index (χ1) is 16.2. The summed E-state index contributed by atoms with van der Waals surface area (Å²) in [6.45, 7) is 11.0. The highest BCUT2D eigenvalue weighted by atomic mass is 31.2. The summed E-state index contributed by atoms with van der Waals surface area (Å²) in [5, 5.41) is 3.21. The molecule has 34 heavy (non-hydrogen) atoms. The number of nitrogens with zero attached hydrogens (tertiary/aromatic N) is 1. The van der Waals surface area contributed by atoms with Gasteiger partial charge in [0.25, 0.3) is 0 Å². The number of ether oxygens (including phenoxy) is 2. The van der Waals surface area contributed by atoms with E-state index >= 15 is 0 Å². The van der Waals surface area contributed by atoms with Gasteiger partial charge in [-0.3, -0.25) is 4.57 Å². The van der Waals surface area contributed by atoms with Crippen molar-refractivity contribution in [1.29, 1.82) is 0 Å². The van der Waals surface area contributed by atoms with Gasteiger partial charge in [0.05, 0.1) is 13.2 Å². The molecule has 0 saturated carbocycles. The third-order valence-electron chi connectivity index (χ3n) is 5.35. The molecule has 0 saturated heterocycles. The maximum atomic E-state index is 13.6. The molecule has 0 aliphatic carbocycles. The number of nitrogens with one attached hydrogen (secondary N) is 1. The van der Waals surface area contributed by atoms with E-state index in [9.17, 15) is 4.57 Å². The van der Waals surface area contributed by atoms with Crippen LogP contribution in [0.3, 0.4) is 0 Å². The summed E-state index contributed by atoms with van der Waals surface area (Å²) in [6, 6.07) is 13.7. The van der Waals surface area contributed by atoms with Crippen LogP contribution < -0.4 is 20.2 Å². The average Bonchev–Trinajstić information content (AvgIpc) is 3.44. The van der Waals surface area contributed by atoms with Crippen molar-refractivity contribution in [3.05, 3.63) is 53.6 Å². The summed E-state index contributed by atoms with van der Waals surface area (Å²) in [5.74, 6) is 1.98. The van der Waals surface area contributed by atoms with E-state index in [1.807, 2.05) is 42.5 Å². The second-order valence-electron chi connectivity index (χ2n) is 8.87. The second kappa shape index (κ2) is 9.82. The number of oxazole rings is 1. The Kier molecular flexibility index (Phi) is 7.03. The molecule has 0 atom stereocenters. The number of hydrogen-bond acceptors (Lipinski definition) is 8. The van der Waals surface area contributed by atoms with Crippen LogP contribution in [-0.2, 0) is 25.6 Å². The highest BCUT2D eigenvalue weighted by Gasteiger charge is 2.36. The lowest BCUT2D eigenvalue weighted by molar-refractivity contribution is 0.174. The van der Waals surface area contributed by atoms with Crippen LogP contribution in [0.15, 0.2) is 46.9 Å². The van der Waals surface area contributed by atoms with Gasteiger partial charge in [0, 0.05) is 12.1 Å². The summed E-state index contributed by atoms with van der Waals surface area (Å²) in [5.41, 5.74) is 3.05. The molecule has 0 spiro atoms. The van der Waals surface area contributed by atoms with E-state index in [4.69, 9.17) is 22.9 Å². The molecule has 2 heterocycles. The summed E-state index contributed by atoms with van der Waals surface area (Å²) in [4.78, 5) is 4.56. The predicted octanol–water partition coefficient (Wildman–Crippen LogP) is 5.87. The number of fused-ring (bicyclic) bond motifs is 1. The molecule has 0 amide bonds. The van der Waals surface area contributed by atoms with Gasteiger partial charge in [-0.1, -0.05) is 39.0 Å². The van der Waals surface area contributed by atoms with E-state index in [2.05, 4.69) is 31.1 Å². The van der Waals surface area contributed by atoms with Gasteiger partial charge >= 0.3 is 7.60 Å². The molecule has 8 nitrogen and oxygen atoms in total. The molecule has 1 N–H and O–H groups in total. The zero-order chi connectivity index (χ0) is 24.3. The van der Waals surface area contributed by atoms with Crippen molar-refractivity contribution in [1.82, 2.24) is 4.98 Å². The van der Waals surface area contributed by atoms with Crippen molar-refractivity contribution in [2.45, 2.75) is 46.6 Å². The minimum atomic E-state index is -3.69. The Labute approximate surface area is 200 Å². The van der Waals surface area contributed by atoms with Crippen molar-refractivity contribution < 1.29 is 27.5 Å². The van der Waals surface area contributed by atoms with Crippen molar-refractivity contribution in [3.63, 3.8) is 0 Å². The molecule has 9 heteroatoms. The lowest BCUT2D eigenvalue weighted by Gasteiger charge is -2.18. The topological polar surface area (TPSA) is 92.1 Å². The fourth-order valence-corrected chi connectivity index (χ4v) is 5.17. The highest BCUT2D eigenvalue weighted by molar-refractivity contribution is 7.62. The first kappa shape index (κ1) is 24.3. The Bertz CT molecular complexity index is 1170. The third-order valence-corrected chi connectivity index (χ3v) is 7.37. The van der Waals surface area contributed by atoms with Crippen LogP contribution in [0.5, 0.6) is 11.5 Å².